The lowest BCUT2D eigenvalue weighted by Gasteiger charge is -2.26. The van der Waals surface area contributed by atoms with E-state index in [1.54, 1.807) is 12.0 Å². The summed E-state index contributed by atoms with van der Waals surface area (Å²) in [6.07, 6.45) is 0.368. The summed E-state index contributed by atoms with van der Waals surface area (Å²) in [5.41, 5.74) is 2.74. The van der Waals surface area contributed by atoms with Gasteiger partial charge in [0.15, 0.2) is 17.6 Å². The van der Waals surface area contributed by atoms with Gasteiger partial charge in [0.25, 0.3) is 0 Å². The molecule has 0 radical (unpaired) electrons. The number of hydrogen-bond donors (Lipinski definition) is 1. The lowest BCUT2D eigenvalue weighted by atomic mass is 10.0. The summed E-state index contributed by atoms with van der Waals surface area (Å²) in [5, 5.41) is 7.23. The molecule has 1 N–H and O–H groups in total. The molecule has 8 heteroatoms. The number of carbonyl (C=O) groups is 1. The van der Waals surface area contributed by atoms with E-state index < -0.39 is 0 Å². The molecule has 0 unspecified atom stereocenters. The summed E-state index contributed by atoms with van der Waals surface area (Å²) in [6.45, 7) is 4.96. The number of amides is 2. The predicted octanol–water partition coefficient (Wildman–Crippen LogP) is 3.54. The van der Waals surface area contributed by atoms with Crippen molar-refractivity contribution < 1.29 is 23.8 Å². The Kier molecular flexibility index (Phi) is 6.16. The number of benzene rings is 2. The van der Waals surface area contributed by atoms with Crippen molar-refractivity contribution in [3.8, 4) is 17.2 Å². The first kappa shape index (κ1) is 20.8. The van der Waals surface area contributed by atoms with Gasteiger partial charge in [-0.25, -0.2) is 4.79 Å². The van der Waals surface area contributed by atoms with Crippen molar-refractivity contribution in [2.75, 3.05) is 20.4 Å². The van der Waals surface area contributed by atoms with E-state index in [4.69, 9.17) is 19.0 Å². The molecule has 2 aliphatic rings. The molecule has 4 rings (SSSR count). The average molecular weight is 425 g/mol. The van der Waals surface area contributed by atoms with Crippen LogP contribution in [0, 0.1) is 0 Å². The fourth-order valence-electron chi connectivity index (χ4n) is 3.57. The molecule has 0 saturated carbocycles. The maximum absolute atomic E-state index is 12.8. The highest BCUT2D eigenvalue weighted by atomic mass is 16.7. The minimum Gasteiger partial charge on any atom is -0.497 e. The van der Waals surface area contributed by atoms with Gasteiger partial charge < -0.3 is 29.3 Å². The Morgan fingerprint density at radius 3 is 2.87 bits per heavy atom. The lowest BCUT2D eigenvalue weighted by molar-refractivity contribution is 0.0586. The maximum Gasteiger partial charge on any atom is 0.318 e. The Hall–Kier alpha value is -3.42. The molecule has 2 heterocycles. The quantitative estimate of drug-likeness (QED) is 0.734. The van der Waals surface area contributed by atoms with Crippen molar-refractivity contribution in [2.45, 2.75) is 39.0 Å². The minimum atomic E-state index is -0.232. The van der Waals surface area contributed by atoms with Gasteiger partial charge in [0.05, 0.1) is 19.4 Å². The van der Waals surface area contributed by atoms with Crippen LogP contribution >= 0.6 is 0 Å². The standard InChI is InChI=1S/C23H27N3O5/c1-15(2)24-23(27)26(12-16-5-4-6-18(9-16)28-3)13-19-11-20(25-31-19)17-7-8-21-22(10-17)30-14-29-21/h4-10,15,19H,11-14H2,1-3H3,(H,24,27)/t19-/m0/s1. The van der Waals surface area contributed by atoms with E-state index in [2.05, 4.69) is 10.5 Å². The first-order valence-electron chi connectivity index (χ1n) is 10.3. The Labute approximate surface area is 181 Å². The molecule has 2 aromatic rings. The molecule has 0 spiro atoms. The van der Waals surface area contributed by atoms with Gasteiger partial charge in [0.1, 0.15) is 5.75 Å². The van der Waals surface area contributed by atoms with E-state index in [-0.39, 0.29) is 25.0 Å². The Morgan fingerprint density at radius 1 is 1.23 bits per heavy atom. The molecule has 0 aromatic heterocycles. The highest BCUT2D eigenvalue weighted by Gasteiger charge is 2.28. The fraction of sp³-hybridized carbons (Fsp3) is 0.391. The third-order valence-electron chi connectivity index (χ3n) is 5.07. The summed E-state index contributed by atoms with van der Waals surface area (Å²) in [5.74, 6) is 2.20. The van der Waals surface area contributed by atoms with Crippen molar-refractivity contribution in [2.24, 2.45) is 5.16 Å². The molecule has 31 heavy (non-hydrogen) atoms. The lowest BCUT2D eigenvalue weighted by Crippen LogP contribution is -2.45. The van der Waals surface area contributed by atoms with Crippen LogP contribution in [0.1, 0.15) is 31.4 Å². The van der Waals surface area contributed by atoms with Crippen molar-refractivity contribution in [3.63, 3.8) is 0 Å². The van der Waals surface area contributed by atoms with E-state index in [0.29, 0.717) is 25.3 Å². The monoisotopic (exact) mass is 425 g/mol. The van der Waals surface area contributed by atoms with E-state index in [0.717, 1.165) is 28.3 Å². The Morgan fingerprint density at radius 2 is 2.06 bits per heavy atom. The molecule has 8 nitrogen and oxygen atoms in total. The second kappa shape index (κ2) is 9.16. The molecule has 2 aromatic carbocycles. The Bertz CT molecular complexity index is 975. The van der Waals surface area contributed by atoms with Gasteiger partial charge in [-0.3, -0.25) is 0 Å². The largest absolute Gasteiger partial charge is 0.497 e. The molecular weight excluding hydrogens is 398 g/mol. The number of fused-ring (bicyclic) bond motifs is 1. The summed E-state index contributed by atoms with van der Waals surface area (Å²) >= 11 is 0. The first-order chi connectivity index (χ1) is 15.0. The van der Waals surface area contributed by atoms with Crippen molar-refractivity contribution in [1.82, 2.24) is 10.2 Å². The molecule has 0 fully saturated rings. The number of nitrogens with zero attached hydrogens (tertiary/aromatic N) is 2. The molecule has 164 valence electrons. The van der Waals surface area contributed by atoms with Crippen molar-refractivity contribution in [3.05, 3.63) is 53.6 Å². The van der Waals surface area contributed by atoms with E-state index in [1.807, 2.05) is 56.3 Å². The minimum absolute atomic E-state index is 0.0326. The SMILES string of the molecule is COc1cccc(CN(C[C@@H]2CC(c3ccc4c(c3)OCO4)=NO2)C(=O)NC(C)C)c1. The van der Waals surface area contributed by atoms with E-state index >= 15 is 0 Å². The van der Waals surface area contributed by atoms with Gasteiger partial charge in [-0.2, -0.15) is 0 Å². The predicted molar refractivity (Wildman–Crippen MR) is 116 cm³/mol. The maximum atomic E-state index is 12.8. The highest BCUT2D eigenvalue weighted by Crippen LogP contribution is 2.33. The van der Waals surface area contributed by atoms with Crippen molar-refractivity contribution >= 4 is 11.7 Å². The summed E-state index contributed by atoms with van der Waals surface area (Å²) in [4.78, 5) is 20.3. The first-order valence-corrected chi connectivity index (χ1v) is 10.3. The second-order valence-corrected chi connectivity index (χ2v) is 7.87. The number of methoxy groups -OCH3 is 1. The fourth-order valence-corrected chi connectivity index (χ4v) is 3.57. The van der Waals surface area contributed by atoms with Gasteiger partial charge in [0, 0.05) is 24.6 Å². The van der Waals surface area contributed by atoms with Crippen LogP contribution in [0.3, 0.4) is 0 Å². The number of hydrogen-bond acceptors (Lipinski definition) is 6. The van der Waals surface area contributed by atoms with Crippen LogP contribution < -0.4 is 19.5 Å². The summed E-state index contributed by atoms with van der Waals surface area (Å²) < 4.78 is 16.1. The zero-order valence-corrected chi connectivity index (χ0v) is 18.0. The number of rotatable bonds is 7. The van der Waals surface area contributed by atoms with Gasteiger partial charge in [-0.05, 0) is 49.7 Å². The average Bonchev–Trinajstić information content (AvgIpc) is 3.41. The highest BCUT2D eigenvalue weighted by molar-refractivity contribution is 6.01. The van der Waals surface area contributed by atoms with Crippen LogP contribution in [0.2, 0.25) is 0 Å². The Balaban J connectivity index is 1.43. The molecule has 0 bridgehead atoms. The number of urea groups is 1. The molecule has 0 aliphatic carbocycles. The van der Waals surface area contributed by atoms with Gasteiger partial charge in [-0.1, -0.05) is 17.3 Å². The smallest absolute Gasteiger partial charge is 0.318 e. The van der Waals surface area contributed by atoms with Crippen LogP contribution in [0.5, 0.6) is 17.2 Å². The zero-order valence-electron chi connectivity index (χ0n) is 18.0. The molecule has 0 saturated heterocycles. The van der Waals surface area contributed by atoms with Crippen LogP contribution in [0.25, 0.3) is 0 Å². The van der Waals surface area contributed by atoms with Crippen LogP contribution in [0.15, 0.2) is 47.6 Å². The molecule has 2 amide bonds. The summed E-state index contributed by atoms with van der Waals surface area (Å²) in [7, 11) is 1.63. The van der Waals surface area contributed by atoms with Gasteiger partial charge in [-0.15, -0.1) is 0 Å². The van der Waals surface area contributed by atoms with Crippen LogP contribution in [-0.4, -0.2) is 49.2 Å². The van der Waals surface area contributed by atoms with Crippen molar-refractivity contribution in [1.29, 1.82) is 0 Å². The van der Waals surface area contributed by atoms with Gasteiger partial charge in [0.2, 0.25) is 6.79 Å². The normalized spacial score (nSPS) is 16.6. The summed E-state index contributed by atoms with van der Waals surface area (Å²) in [6, 6.07) is 13.3. The third-order valence-corrected chi connectivity index (χ3v) is 5.07. The number of carbonyl (C=O) groups excluding carboxylic acids is 1. The molecule has 1 atom stereocenters. The zero-order chi connectivity index (χ0) is 21.8. The number of oxime groups is 1. The second-order valence-electron chi connectivity index (χ2n) is 7.87. The third kappa shape index (κ3) is 5.02. The van der Waals surface area contributed by atoms with Crippen LogP contribution in [0.4, 0.5) is 4.79 Å². The van der Waals surface area contributed by atoms with E-state index in [1.165, 1.54) is 0 Å². The number of nitrogens with one attached hydrogen (secondary N) is 1. The molecular formula is C23H27N3O5. The van der Waals surface area contributed by atoms with Gasteiger partial charge >= 0.3 is 6.03 Å². The topological polar surface area (TPSA) is 81.6 Å². The van der Waals surface area contributed by atoms with E-state index in [9.17, 15) is 4.79 Å². The molecule has 2 aliphatic heterocycles. The van der Waals surface area contributed by atoms with Crippen LogP contribution in [-0.2, 0) is 11.4 Å². The number of ether oxygens (including phenoxy) is 3.